The summed E-state index contributed by atoms with van der Waals surface area (Å²) in [7, 11) is 0. The molecule has 0 aliphatic carbocycles. The molecule has 2 atom stereocenters. The molecule has 0 aromatic carbocycles. The monoisotopic (exact) mass is 213 g/mol. The lowest BCUT2D eigenvalue weighted by molar-refractivity contribution is -0.139. The van der Waals surface area contributed by atoms with E-state index in [2.05, 4.69) is 19.2 Å². The number of rotatable bonds is 3. The van der Waals surface area contributed by atoms with E-state index in [0.29, 0.717) is 12.3 Å². The number of thiol groups is 1. The first-order valence-corrected chi connectivity index (χ1v) is 5.25. The van der Waals surface area contributed by atoms with Crippen LogP contribution in [0.2, 0.25) is 0 Å². The van der Waals surface area contributed by atoms with Crippen molar-refractivity contribution in [2.75, 3.05) is 12.3 Å². The summed E-state index contributed by atoms with van der Waals surface area (Å²) in [4.78, 5) is 24.5. The molecule has 0 aromatic rings. The normalized spacial score (nSPS) is 27.2. The molecule has 1 heterocycles. The number of amides is 2. The molecule has 78 valence electrons. The van der Waals surface area contributed by atoms with Crippen LogP contribution in [-0.2, 0) is 9.59 Å². The first-order chi connectivity index (χ1) is 6.49. The Bertz CT molecular complexity index is 268. The molecule has 4 heteroatoms. The predicted molar refractivity (Wildman–Crippen MR) is 58.0 cm³/mol. The fourth-order valence-corrected chi connectivity index (χ4v) is 1.56. The molecule has 1 fully saturated rings. The van der Waals surface area contributed by atoms with E-state index in [9.17, 15) is 9.59 Å². The van der Waals surface area contributed by atoms with Gasteiger partial charge in [-0.15, -0.1) is 0 Å². The van der Waals surface area contributed by atoms with Crippen LogP contribution in [0, 0.1) is 11.8 Å². The van der Waals surface area contributed by atoms with Gasteiger partial charge in [0.1, 0.15) is 0 Å². The summed E-state index contributed by atoms with van der Waals surface area (Å²) in [6.07, 6.45) is 0. The molecule has 0 bridgehead atoms. The Morgan fingerprint density at radius 2 is 1.79 bits per heavy atom. The molecule has 0 aromatic heterocycles. The largest absolute Gasteiger partial charge is 0.278 e. The van der Waals surface area contributed by atoms with Crippen molar-refractivity contribution in [1.29, 1.82) is 0 Å². The standard InChI is InChI=1S/C10H15NO2S/c1-6(5-14)4-11-9(12)7(2)8(3)10(11)13/h7-8,14H,1,4-5H2,2-3H3. The van der Waals surface area contributed by atoms with Gasteiger partial charge in [0.2, 0.25) is 11.8 Å². The minimum atomic E-state index is -0.199. The van der Waals surface area contributed by atoms with Crippen molar-refractivity contribution in [3.63, 3.8) is 0 Å². The summed E-state index contributed by atoms with van der Waals surface area (Å²) < 4.78 is 0. The van der Waals surface area contributed by atoms with Crippen LogP contribution in [0.3, 0.4) is 0 Å². The Morgan fingerprint density at radius 3 is 2.14 bits per heavy atom. The van der Waals surface area contributed by atoms with Gasteiger partial charge < -0.3 is 0 Å². The van der Waals surface area contributed by atoms with E-state index in [0.717, 1.165) is 5.57 Å². The maximum atomic E-state index is 11.6. The molecule has 1 aliphatic rings. The van der Waals surface area contributed by atoms with E-state index in [4.69, 9.17) is 0 Å². The second kappa shape index (κ2) is 4.17. The number of imide groups is 1. The van der Waals surface area contributed by atoms with E-state index in [1.807, 2.05) is 0 Å². The molecule has 1 saturated heterocycles. The third-order valence-corrected chi connectivity index (χ3v) is 3.11. The second-order valence-corrected chi connectivity index (χ2v) is 4.06. The lowest BCUT2D eigenvalue weighted by atomic mass is 10.00. The van der Waals surface area contributed by atoms with E-state index in [1.54, 1.807) is 13.8 Å². The molecule has 0 N–H and O–H groups in total. The maximum Gasteiger partial charge on any atom is 0.233 e. The van der Waals surface area contributed by atoms with Gasteiger partial charge in [0, 0.05) is 17.6 Å². The summed E-state index contributed by atoms with van der Waals surface area (Å²) in [6, 6.07) is 0. The van der Waals surface area contributed by atoms with E-state index in [1.165, 1.54) is 4.90 Å². The first kappa shape index (κ1) is 11.3. The molecule has 2 amide bonds. The van der Waals surface area contributed by atoms with Gasteiger partial charge >= 0.3 is 0 Å². The fraction of sp³-hybridized carbons (Fsp3) is 0.600. The zero-order valence-corrected chi connectivity index (χ0v) is 9.38. The molecule has 0 radical (unpaired) electrons. The average Bonchev–Trinajstić information content (AvgIpc) is 2.35. The molecule has 3 nitrogen and oxygen atoms in total. The van der Waals surface area contributed by atoms with Crippen LogP contribution >= 0.6 is 12.6 Å². The Kier molecular flexibility index (Phi) is 3.37. The Labute approximate surface area is 89.6 Å². The van der Waals surface area contributed by atoms with Gasteiger partial charge in [-0.2, -0.15) is 12.6 Å². The number of hydrogen-bond donors (Lipinski definition) is 1. The number of carbonyl (C=O) groups excluding carboxylic acids is 2. The van der Waals surface area contributed by atoms with Gasteiger partial charge in [0.25, 0.3) is 0 Å². The highest BCUT2D eigenvalue weighted by Gasteiger charge is 2.41. The van der Waals surface area contributed by atoms with E-state index >= 15 is 0 Å². The Balaban J connectivity index is 2.75. The lowest BCUT2D eigenvalue weighted by Crippen LogP contribution is -2.32. The van der Waals surface area contributed by atoms with Crippen LogP contribution in [0.5, 0.6) is 0 Å². The van der Waals surface area contributed by atoms with E-state index in [-0.39, 0.29) is 23.7 Å². The fourth-order valence-electron chi connectivity index (χ4n) is 1.46. The summed E-state index contributed by atoms with van der Waals surface area (Å²) >= 11 is 4.04. The molecule has 2 unspecified atom stereocenters. The summed E-state index contributed by atoms with van der Waals surface area (Å²) in [5.74, 6) is -0.0823. The van der Waals surface area contributed by atoms with Crippen molar-refractivity contribution in [2.45, 2.75) is 13.8 Å². The van der Waals surface area contributed by atoms with Crippen LogP contribution < -0.4 is 0 Å². The lowest BCUT2D eigenvalue weighted by Gasteiger charge is -2.14. The molecule has 0 saturated carbocycles. The SMILES string of the molecule is C=C(CS)CN1C(=O)C(C)C(C)C1=O. The third kappa shape index (κ3) is 1.85. The minimum absolute atomic E-state index is 0.0922. The van der Waals surface area contributed by atoms with Gasteiger partial charge in [-0.1, -0.05) is 20.4 Å². The summed E-state index contributed by atoms with van der Waals surface area (Å²) in [5, 5.41) is 0. The van der Waals surface area contributed by atoms with Crippen molar-refractivity contribution in [1.82, 2.24) is 4.90 Å². The molecular weight excluding hydrogens is 198 g/mol. The van der Waals surface area contributed by atoms with E-state index < -0.39 is 0 Å². The first-order valence-electron chi connectivity index (χ1n) is 4.61. The van der Waals surface area contributed by atoms with Crippen molar-refractivity contribution in [2.24, 2.45) is 11.8 Å². The van der Waals surface area contributed by atoms with Gasteiger partial charge in [0.05, 0.1) is 6.54 Å². The maximum absolute atomic E-state index is 11.6. The highest BCUT2D eigenvalue weighted by Crippen LogP contribution is 2.25. The van der Waals surface area contributed by atoms with Crippen LogP contribution in [0.15, 0.2) is 12.2 Å². The highest BCUT2D eigenvalue weighted by molar-refractivity contribution is 7.80. The zero-order chi connectivity index (χ0) is 10.9. The number of likely N-dealkylation sites (tertiary alicyclic amines) is 1. The zero-order valence-electron chi connectivity index (χ0n) is 8.49. The van der Waals surface area contributed by atoms with Crippen molar-refractivity contribution in [3.05, 3.63) is 12.2 Å². The molecule has 0 spiro atoms. The van der Waals surface area contributed by atoms with Gasteiger partial charge in [0.15, 0.2) is 0 Å². The smallest absolute Gasteiger partial charge is 0.233 e. The van der Waals surface area contributed by atoms with Gasteiger partial charge in [-0.25, -0.2) is 0 Å². The van der Waals surface area contributed by atoms with Crippen molar-refractivity contribution in [3.8, 4) is 0 Å². The minimum Gasteiger partial charge on any atom is -0.278 e. The highest BCUT2D eigenvalue weighted by atomic mass is 32.1. The number of hydrogen-bond acceptors (Lipinski definition) is 3. The number of carbonyl (C=O) groups is 2. The topological polar surface area (TPSA) is 37.4 Å². The van der Waals surface area contributed by atoms with Crippen LogP contribution in [0.25, 0.3) is 0 Å². The quantitative estimate of drug-likeness (QED) is 0.433. The van der Waals surface area contributed by atoms with Gasteiger partial charge in [-0.3, -0.25) is 14.5 Å². The molecule has 1 rings (SSSR count). The van der Waals surface area contributed by atoms with Gasteiger partial charge in [-0.05, 0) is 5.57 Å². The predicted octanol–water partition coefficient (Wildman–Crippen LogP) is 1.11. The molecule has 14 heavy (non-hydrogen) atoms. The van der Waals surface area contributed by atoms with Crippen LogP contribution in [0.1, 0.15) is 13.8 Å². The van der Waals surface area contributed by atoms with Crippen LogP contribution in [-0.4, -0.2) is 29.0 Å². The Hall–Kier alpha value is -0.770. The van der Waals surface area contributed by atoms with Crippen LogP contribution in [0.4, 0.5) is 0 Å². The average molecular weight is 213 g/mol. The van der Waals surface area contributed by atoms with Crippen molar-refractivity contribution >= 4 is 24.4 Å². The summed E-state index contributed by atoms with van der Waals surface area (Å²) in [5.41, 5.74) is 0.788. The molecule has 1 aliphatic heterocycles. The number of nitrogens with zero attached hydrogens (tertiary/aromatic N) is 1. The summed E-state index contributed by atoms with van der Waals surface area (Å²) in [6.45, 7) is 7.62. The Morgan fingerprint density at radius 1 is 1.36 bits per heavy atom. The van der Waals surface area contributed by atoms with Crippen molar-refractivity contribution < 1.29 is 9.59 Å². The molecular formula is C10H15NO2S. The second-order valence-electron chi connectivity index (χ2n) is 3.75. The third-order valence-electron chi connectivity index (χ3n) is 2.67.